The van der Waals surface area contributed by atoms with E-state index in [2.05, 4.69) is 25.2 Å². The van der Waals surface area contributed by atoms with Gasteiger partial charge in [0.2, 0.25) is 6.79 Å². The molecule has 1 aromatic rings. The average molecular weight is 205 g/mol. The third kappa shape index (κ3) is 2.43. The Hall–Kier alpha value is -1.64. The first kappa shape index (κ1) is 9.90. The third-order valence-corrected chi connectivity index (χ3v) is 2.19. The number of hydrogen-bond donors (Lipinski definition) is 1. The van der Waals surface area contributed by atoms with Crippen molar-refractivity contribution in [1.82, 2.24) is 0 Å². The number of anilines is 1. The highest BCUT2D eigenvalue weighted by Gasteiger charge is 2.12. The van der Waals surface area contributed by atoms with Crippen LogP contribution in [0.4, 0.5) is 5.69 Å². The quantitative estimate of drug-likeness (QED) is 0.770. The van der Waals surface area contributed by atoms with Crippen molar-refractivity contribution in [3.8, 4) is 11.5 Å². The zero-order valence-corrected chi connectivity index (χ0v) is 9.04. The zero-order chi connectivity index (χ0) is 10.7. The number of rotatable bonds is 3. The molecule has 0 fully saturated rings. The highest BCUT2D eigenvalue weighted by atomic mass is 16.7. The largest absolute Gasteiger partial charge is 0.454 e. The summed E-state index contributed by atoms with van der Waals surface area (Å²) in [7, 11) is 0. The fraction of sp³-hybridized carbons (Fsp3) is 0.333. The molecule has 0 atom stereocenters. The van der Waals surface area contributed by atoms with Gasteiger partial charge >= 0.3 is 0 Å². The van der Waals surface area contributed by atoms with Crippen LogP contribution >= 0.6 is 0 Å². The van der Waals surface area contributed by atoms with Crippen LogP contribution < -0.4 is 14.8 Å². The smallest absolute Gasteiger partial charge is 0.231 e. The van der Waals surface area contributed by atoms with E-state index in [1.54, 1.807) is 0 Å². The Morgan fingerprint density at radius 3 is 2.93 bits per heavy atom. The van der Waals surface area contributed by atoms with Crippen molar-refractivity contribution in [3.63, 3.8) is 0 Å². The van der Waals surface area contributed by atoms with Crippen LogP contribution in [-0.2, 0) is 0 Å². The summed E-state index contributed by atoms with van der Waals surface area (Å²) in [5.41, 5.74) is 2.36. The molecule has 0 saturated heterocycles. The normalized spacial score (nSPS) is 12.4. The first-order chi connectivity index (χ1) is 7.25. The maximum Gasteiger partial charge on any atom is 0.231 e. The van der Waals surface area contributed by atoms with Gasteiger partial charge in [-0.3, -0.25) is 0 Å². The standard InChI is InChI=1S/C12H15NO2/c1-9(2)5-6-13-10-3-4-11-12(7-10)15-8-14-11/h3-5,7,13H,6,8H2,1-2H3. The molecule has 0 bridgehead atoms. The van der Waals surface area contributed by atoms with Crippen LogP contribution in [-0.4, -0.2) is 13.3 Å². The highest BCUT2D eigenvalue weighted by Crippen LogP contribution is 2.34. The molecule has 15 heavy (non-hydrogen) atoms. The van der Waals surface area contributed by atoms with Crippen LogP contribution in [0.25, 0.3) is 0 Å². The molecule has 3 heteroatoms. The van der Waals surface area contributed by atoms with Gasteiger partial charge in [-0.25, -0.2) is 0 Å². The molecule has 0 saturated carbocycles. The number of benzene rings is 1. The van der Waals surface area contributed by atoms with Crippen LogP contribution in [0.3, 0.4) is 0 Å². The first-order valence-electron chi connectivity index (χ1n) is 5.02. The predicted molar refractivity (Wildman–Crippen MR) is 60.5 cm³/mol. The lowest BCUT2D eigenvalue weighted by Crippen LogP contribution is -1.98. The molecule has 3 nitrogen and oxygen atoms in total. The number of ether oxygens (including phenoxy) is 2. The summed E-state index contributed by atoms with van der Waals surface area (Å²) in [6.45, 7) is 5.33. The predicted octanol–water partition coefficient (Wildman–Crippen LogP) is 2.79. The van der Waals surface area contributed by atoms with Gasteiger partial charge in [-0.15, -0.1) is 0 Å². The lowest BCUT2D eigenvalue weighted by molar-refractivity contribution is 0.174. The van der Waals surface area contributed by atoms with E-state index in [0.29, 0.717) is 6.79 Å². The lowest BCUT2D eigenvalue weighted by Gasteiger charge is -2.04. The molecule has 1 aliphatic rings. The Morgan fingerprint density at radius 1 is 1.33 bits per heavy atom. The van der Waals surface area contributed by atoms with Crippen molar-refractivity contribution in [2.75, 3.05) is 18.7 Å². The summed E-state index contributed by atoms with van der Waals surface area (Å²) >= 11 is 0. The maximum atomic E-state index is 5.29. The van der Waals surface area contributed by atoms with Gasteiger partial charge in [0.05, 0.1) is 0 Å². The molecule has 0 aromatic heterocycles. The van der Waals surface area contributed by atoms with E-state index < -0.39 is 0 Å². The molecule has 0 spiro atoms. The van der Waals surface area contributed by atoms with Gasteiger partial charge < -0.3 is 14.8 Å². The summed E-state index contributed by atoms with van der Waals surface area (Å²) in [5.74, 6) is 1.64. The summed E-state index contributed by atoms with van der Waals surface area (Å²) in [5, 5.41) is 3.29. The average Bonchev–Trinajstić information content (AvgIpc) is 2.64. The Balaban J connectivity index is 2.01. The Morgan fingerprint density at radius 2 is 2.13 bits per heavy atom. The van der Waals surface area contributed by atoms with E-state index in [1.807, 2.05) is 18.2 Å². The van der Waals surface area contributed by atoms with E-state index in [0.717, 1.165) is 23.7 Å². The molecule has 0 unspecified atom stereocenters. The van der Waals surface area contributed by atoms with Crippen molar-refractivity contribution >= 4 is 5.69 Å². The molecular formula is C12H15NO2. The van der Waals surface area contributed by atoms with Crippen molar-refractivity contribution in [1.29, 1.82) is 0 Å². The number of nitrogens with one attached hydrogen (secondary N) is 1. The monoisotopic (exact) mass is 205 g/mol. The van der Waals surface area contributed by atoms with E-state index in [1.165, 1.54) is 5.57 Å². The minimum absolute atomic E-state index is 0.326. The molecule has 1 heterocycles. The summed E-state index contributed by atoms with van der Waals surface area (Å²) in [6, 6.07) is 5.88. The topological polar surface area (TPSA) is 30.5 Å². The summed E-state index contributed by atoms with van der Waals surface area (Å²) in [4.78, 5) is 0. The van der Waals surface area contributed by atoms with Crippen LogP contribution in [0.5, 0.6) is 11.5 Å². The molecule has 1 N–H and O–H groups in total. The minimum Gasteiger partial charge on any atom is -0.454 e. The second kappa shape index (κ2) is 4.26. The third-order valence-electron chi connectivity index (χ3n) is 2.19. The van der Waals surface area contributed by atoms with Crippen LogP contribution in [0.15, 0.2) is 29.8 Å². The Kier molecular flexibility index (Phi) is 2.81. The van der Waals surface area contributed by atoms with Crippen LogP contribution in [0, 0.1) is 0 Å². The summed E-state index contributed by atoms with van der Waals surface area (Å²) < 4.78 is 10.5. The fourth-order valence-corrected chi connectivity index (χ4v) is 1.38. The second-order valence-electron chi connectivity index (χ2n) is 3.73. The fourth-order valence-electron chi connectivity index (χ4n) is 1.38. The van der Waals surface area contributed by atoms with Gasteiger partial charge in [-0.1, -0.05) is 11.6 Å². The van der Waals surface area contributed by atoms with Crippen molar-refractivity contribution in [2.45, 2.75) is 13.8 Å². The van der Waals surface area contributed by atoms with Gasteiger partial charge in [0.15, 0.2) is 11.5 Å². The maximum absolute atomic E-state index is 5.29. The molecule has 2 rings (SSSR count). The number of fused-ring (bicyclic) bond motifs is 1. The van der Waals surface area contributed by atoms with Gasteiger partial charge in [0.25, 0.3) is 0 Å². The summed E-state index contributed by atoms with van der Waals surface area (Å²) in [6.07, 6.45) is 2.14. The van der Waals surface area contributed by atoms with Gasteiger partial charge in [-0.2, -0.15) is 0 Å². The SMILES string of the molecule is CC(C)=CCNc1ccc2c(c1)OCO2. The molecule has 80 valence electrons. The van der Waals surface area contributed by atoms with E-state index in [-0.39, 0.29) is 0 Å². The van der Waals surface area contributed by atoms with Gasteiger partial charge in [0.1, 0.15) is 0 Å². The van der Waals surface area contributed by atoms with E-state index in [9.17, 15) is 0 Å². The van der Waals surface area contributed by atoms with Crippen molar-refractivity contribution in [3.05, 3.63) is 29.8 Å². The second-order valence-corrected chi connectivity index (χ2v) is 3.73. The highest BCUT2D eigenvalue weighted by molar-refractivity contribution is 5.55. The molecular weight excluding hydrogens is 190 g/mol. The molecule has 1 aromatic carbocycles. The minimum atomic E-state index is 0.326. The van der Waals surface area contributed by atoms with Crippen LogP contribution in [0.1, 0.15) is 13.8 Å². The molecule has 1 aliphatic heterocycles. The molecule has 0 amide bonds. The number of allylic oxidation sites excluding steroid dienone is 1. The zero-order valence-electron chi connectivity index (χ0n) is 9.04. The molecule has 0 aliphatic carbocycles. The van der Waals surface area contributed by atoms with E-state index in [4.69, 9.17) is 9.47 Å². The van der Waals surface area contributed by atoms with E-state index >= 15 is 0 Å². The van der Waals surface area contributed by atoms with Crippen molar-refractivity contribution in [2.24, 2.45) is 0 Å². The lowest BCUT2D eigenvalue weighted by atomic mass is 10.2. The van der Waals surface area contributed by atoms with Gasteiger partial charge in [0, 0.05) is 18.3 Å². The number of hydrogen-bond acceptors (Lipinski definition) is 3. The van der Waals surface area contributed by atoms with Crippen molar-refractivity contribution < 1.29 is 9.47 Å². The first-order valence-corrected chi connectivity index (χ1v) is 5.02. The Labute approximate surface area is 89.7 Å². The Bertz CT molecular complexity index is 381. The van der Waals surface area contributed by atoms with Crippen LogP contribution in [0.2, 0.25) is 0 Å². The van der Waals surface area contributed by atoms with Gasteiger partial charge in [-0.05, 0) is 26.0 Å². The molecule has 0 radical (unpaired) electrons.